The first kappa shape index (κ1) is 12.0. The molecule has 1 fully saturated rings. The number of nitrogens with zero attached hydrogens (tertiary/aromatic N) is 1. The number of nitrogens with one attached hydrogen (secondary N) is 1. The highest BCUT2D eigenvalue weighted by Gasteiger charge is 2.22. The van der Waals surface area contributed by atoms with Gasteiger partial charge in [0, 0.05) is 19.0 Å². The van der Waals surface area contributed by atoms with Gasteiger partial charge in [-0.1, -0.05) is 30.9 Å². The number of rotatable bonds is 4. The lowest BCUT2D eigenvalue weighted by Gasteiger charge is -2.06. The van der Waals surface area contributed by atoms with Crippen molar-refractivity contribution < 1.29 is 4.79 Å². The summed E-state index contributed by atoms with van der Waals surface area (Å²) in [5, 5.41) is 4.09. The van der Waals surface area contributed by atoms with E-state index in [9.17, 15) is 4.79 Å². The highest BCUT2D eigenvalue weighted by atomic mass is 16.1. The van der Waals surface area contributed by atoms with Gasteiger partial charge in [0.1, 0.15) is 5.69 Å². The van der Waals surface area contributed by atoms with Crippen LogP contribution in [-0.2, 0) is 7.05 Å². The molecule has 0 radical (unpaired) electrons. The van der Waals surface area contributed by atoms with Crippen LogP contribution in [0.4, 0.5) is 0 Å². The molecular weight excluding hydrogens is 236 g/mol. The first-order valence-electron chi connectivity index (χ1n) is 6.70. The first-order valence-corrected chi connectivity index (χ1v) is 6.70. The fourth-order valence-electron chi connectivity index (χ4n) is 2.48. The Hall–Kier alpha value is -2.03. The van der Waals surface area contributed by atoms with E-state index in [0.717, 1.165) is 23.0 Å². The molecule has 1 aliphatic rings. The molecule has 0 aliphatic heterocycles. The number of para-hydroxylation sites is 1. The van der Waals surface area contributed by atoms with Crippen molar-refractivity contribution in [1.29, 1.82) is 0 Å². The van der Waals surface area contributed by atoms with E-state index in [-0.39, 0.29) is 5.91 Å². The smallest absolute Gasteiger partial charge is 0.267 e. The second-order valence-corrected chi connectivity index (χ2v) is 5.23. The Bertz CT molecular complexity index is 650. The van der Waals surface area contributed by atoms with Gasteiger partial charge in [-0.05, 0) is 30.4 Å². The molecule has 1 aromatic heterocycles. The first-order chi connectivity index (χ1) is 9.20. The molecule has 1 aromatic carbocycles. The minimum atomic E-state index is 0.0145. The summed E-state index contributed by atoms with van der Waals surface area (Å²) in [4.78, 5) is 12.2. The van der Waals surface area contributed by atoms with Gasteiger partial charge in [-0.2, -0.15) is 0 Å². The molecule has 0 atom stereocenters. The molecule has 3 heteroatoms. The number of amides is 1. The molecule has 3 rings (SSSR count). The van der Waals surface area contributed by atoms with Crippen molar-refractivity contribution in [2.24, 2.45) is 13.0 Å². The fourth-order valence-corrected chi connectivity index (χ4v) is 2.48. The van der Waals surface area contributed by atoms with Crippen LogP contribution >= 0.6 is 0 Å². The van der Waals surface area contributed by atoms with Gasteiger partial charge >= 0.3 is 0 Å². The molecule has 1 N–H and O–H groups in total. The largest absolute Gasteiger partial charge is 0.350 e. The fraction of sp³-hybridized carbons (Fsp3) is 0.312. The van der Waals surface area contributed by atoms with E-state index in [1.165, 1.54) is 12.8 Å². The zero-order valence-corrected chi connectivity index (χ0v) is 11.1. The monoisotopic (exact) mass is 254 g/mol. The third-order valence-corrected chi connectivity index (χ3v) is 3.79. The van der Waals surface area contributed by atoms with Gasteiger partial charge in [0.05, 0.1) is 5.52 Å². The standard InChI is InChI=1S/C16H18N2O/c1-3-12-5-4-6-13-9-14(18(2)15(12)13)16(19)17-10-11-7-8-11/h3-6,9,11H,1,7-8,10H2,2H3,(H,17,19). The van der Waals surface area contributed by atoms with Gasteiger partial charge < -0.3 is 9.88 Å². The summed E-state index contributed by atoms with van der Waals surface area (Å²) in [7, 11) is 1.93. The van der Waals surface area contributed by atoms with Crippen LogP contribution in [0.15, 0.2) is 30.8 Å². The second-order valence-electron chi connectivity index (χ2n) is 5.23. The number of aromatic nitrogens is 1. The molecule has 1 amide bonds. The van der Waals surface area contributed by atoms with Gasteiger partial charge in [-0.25, -0.2) is 0 Å². The average molecular weight is 254 g/mol. The maximum Gasteiger partial charge on any atom is 0.267 e. The molecule has 1 aliphatic carbocycles. The van der Waals surface area contributed by atoms with Crippen molar-refractivity contribution in [3.8, 4) is 0 Å². The van der Waals surface area contributed by atoms with Gasteiger partial charge in [0.15, 0.2) is 0 Å². The number of carbonyl (C=O) groups excluding carboxylic acids is 1. The van der Waals surface area contributed by atoms with Crippen molar-refractivity contribution in [1.82, 2.24) is 9.88 Å². The second kappa shape index (κ2) is 4.57. The van der Waals surface area contributed by atoms with Gasteiger partial charge in [0.25, 0.3) is 5.91 Å². The highest BCUT2D eigenvalue weighted by Crippen LogP contribution is 2.28. The minimum absolute atomic E-state index is 0.0145. The zero-order chi connectivity index (χ0) is 13.4. The normalized spacial score (nSPS) is 14.6. The molecule has 0 saturated heterocycles. The van der Waals surface area contributed by atoms with Crippen LogP contribution in [0.25, 0.3) is 17.0 Å². The van der Waals surface area contributed by atoms with Gasteiger partial charge in [-0.15, -0.1) is 0 Å². The Labute approximate surface area is 112 Å². The van der Waals surface area contributed by atoms with E-state index >= 15 is 0 Å². The van der Waals surface area contributed by atoms with Crippen molar-refractivity contribution >= 4 is 22.9 Å². The predicted octanol–water partition coefficient (Wildman–Crippen LogP) is 2.96. The van der Waals surface area contributed by atoms with E-state index in [1.54, 1.807) is 0 Å². The molecule has 0 spiro atoms. The Kier molecular flexibility index (Phi) is 2.90. The van der Waals surface area contributed by atoms with Crippen LogP contribution in [0.2, 0.25) is 0 Å². The minimum Gasteiger partial charge on any atom is -0.350 e. The maximum atomic E-state index is 12.2. The molecule has 3 nitrogen and oxygen atoms in total. The van der Waals surface area contributed by atoms with Crippen LogP contribution in [-0.4, -0.2) is 17.0 Å². The SMILES string of the molecule is C=Cc1cccc2cc(C(=O)NCC3CC3)n(C)c12. The molecule has 1 saturated carbocycles. The van der Waals surface area contributed by atoms with E-state index in [1.807, 2.05) is 42.0 Å². The predicted molar refractivity (Wildman–Crippen MR) is 78.1 cm³/mol. The maximum absolute atomic E-state index is 12.2. The summed E-state index contributed by atoms with van der Waals surface area (Å²) >= 11 is 0. The van der Waals surface area contributed by atoms with Crippen molar-refractivity contribution in [2.45, 2.75) is 12.8 Å². The Morgan fingerprint density at radius 1 is 1.53 bits per heavy atom. The molecule has 1 heterocycles. The molecule has 0 unspecified atom stereocenters. The van der Waals surface area contributed by atoms with E-state index in [0.29, 0.717) is 11.6 Å². The quantitative estimate of drug-likeness (QED) is 0.894. The van der Waals surface area contributed by atoms with E-state index in [4.69, 9.17) is 0 Å². The third kappa shape index (κ3) is 2.16. The summed E-state index contributed by atoms with van der Waals surface area (Å²) in [6.07, 6.45) is 4.32. The van der Waals surface area contributed by atoms with Crippen LogP contribution in [0, 0.1) is 5.92 Å². The Balaban J connectivity index is 1.96. The highest BCUT2D eigenvalue weighted by molar-refractivity contribution is 6.00. The molecular formula is C16H18N2O. The molecule has 0 bridgehead atoms. The average Bonchev–Trinajstić information content (AvgIpc) is 3.19. The summed E-state index contributed by atoms with van der Waals surface area (Å²) in [5.41, 5.74) is 2.83. The zero-order valence-electron chi connectivity index (χ0n) is 11.1. The van der Waals surface area contributed by atoms with Gasteiger partial charge in [-0.3, -0.25) is 4.79 Å². The van der Waals surface area contributed by atoms with Crippen molar-refractivity contribution in [3.05, 3.63) is 42.1 Å². The lowest BCUT2D eigenvalue weighted by Crippen LogP contribution is -2.27. The molecule has 98 valence electrons. The van der Waals surface area contributed by atoms with Crippen molar-refractivity contribution in [3.63, 3.8) is 0 Å². The van der Waals surface area contributed by atoms with E-state index in [2.05, 4.69) is 11.9 Å². The van der Waals surface area contributed by atoms with Crippen molar-refractivity contribution in [2.75, 3.05) is 6.54 Å². The number of benzene rings is 1. The number of hydrogen-bond acceptors (Lipinski definition) is 1. The summed E-state index contributed by atoms with van der Waals surface area (Å²) in [6, 6.07) is 7.98. The molecule has 2 aromatic rings. The number of hydrogen-bond donors (Lipinski definition) is 1. The van der Waals surface area contributed by atoms with E-state index < -0.39 is 0 Å². The third-order valence-electron chi connectivity index (χ3n) is 3.79. The van der Waals surface area contributed by atoms with Gasteiger partial charge in [0.2, 0.25) is 0 Å². The lowest BCUT2D eigenvalue weighted by molar-refractivity contribution is 0.0944. The van der Waals surface area contributed by atoms with Crippen LogP contribution in [0.5, 0.6) is 0 Å². The Morgan fingerprint density at radius 2 is 2.32 bits per heavy atom. The Morgan fingerprint density at radius 3 is 3.00 bits per heavy atom. The summed E-state index contributed by atoms with van der Waals surface area (Å²) < 4.78 is 1.95. The number of fused-ring (bicyclic) bond motifs is 1. The van der Waals surface area contributed by atoms with Crippen LogP contribution in [0.1, 0.15) is 28.9 Å². The summed E-state index contributed by atoms with van der Waals surface area (Å²) in [5.74, 6) is 0.711. The van der Waals surface area contributed by atoms with Crippen LogP contribution < -0.4 is 5.32 Å². The summed E-state index contributed by atoms with van der Waals surface area (Å²) in [6.45, 7) is 4.63. The number of carbonyl (C=O) groups is 1. The molecule has 19 heavy (non-hydrogen) atoms. The van der Waals surface area contributed by atoms with Crippen LogP contribution in [0.3, 0.4) is 0 Å². The topological polar surface area (TPSA) is 34.0 Å². The number of aryl methyl sites for hydroxylation is 1. The lowest BCUT2D eigenvalue weighted by atomic mass is 10.1.